The second kappa shape index (κ2) is 13.5. The molecule has 13 heteroatoms. The highest BCUT2D eigenvalue weighted by Crippen LogP contribution is 2.54. The van der Waals surface area contributed by atoms with Gasteiger partial charge in [0.15, 0.2) is 0 Å². The Hall–Kier alpha value is -3.60. The molecule has 254 valence electrons. The Kier molecular flexibility index (Phi) is 10.4. The number of amides is 2. The van der Waals surface area contributed by atoms with E-state index in [1.807, 2.05) is 13.8 Å². The van der Waals surface area contributed by atoms with Gasteiger partial charge in [-0.25, -0.2) is 9.18 Å². The molecule has 1 atom stereocenters. The summed E-state index contributed by atoms with van der Waals surface area (Å²) in [6.07, 6.45) is 3.50. The van der Waals surface area contributed by atoms with Crippen molar-refractivity contribution in [3.63, 3.8) is 0 Å². The van der Waals surface area contributed by atoms with Crippen LogP contribution < -0.4 is 10.2 Å². The van der Waals surface area contributed by atoms with Crippen LogP contribution in [0.5, 0.6) is 0 Å². The van der Waals surface area contributed by atoms with E-state index in [4.69, 9.17) is 13.3 Å². The molecule has 0 spiro atoms. The molecule has 0 saturated heterocycles. The average molecular weight is 686 g/mol. The van der Waals surface area contributed by atoms with E-state index in [9.17, 15) is 14.9 Å². The van der Waals surface area contributed by atoms with Gasteiger partial charge >= 0.3 is 6.09 Å². The van der Waals surface area contributed by atoms with E-state index in [1.165, 1.54) is 28.8 Å². The second-order valence-electron chi connectivity index (χ2n) is 14.4. The molecule has 0 aliphatic carbocycles. The predicted octanol–water partition coefficient (Wildman–Crippen LogP) is 7.35. The number of benzene rings is 2. The van der Waals surface area contributed by atoms with Crippen LogP contribution >= 0.6 is 22.1 Å². The van der Waals surface area contributed by atoms with Gasteiger partial charge in [0.25, 0.3) is 11.8 Å². The maximum Gasteiger partial charge on any atom is 0.408 e. The molecule has 0 radical (unpaired) electrons. The zero-order valence-corrected chi connectivity index (χ0v) is 30.3. The average Bonchev–Trinajstić information content (AvgIpc) is 3.43. The topological polar surface area (TPSA) is 131 Å². The van der Waals surface area contributed by atoms with Gasteiger partial charge in [0.05, 0.1) is 41.5 Å². The molecule has 2 heterocycles. The fourth-order valence-electron chi connectivity index (χ4n) is 4.31. The Morgan fingerprint density at radius 2 is 1.79 bits per heavy atom. The predicted molar refractivity (Wildman–Crippen MR) is 184 cm³/mol. The molecule has 3 aromatic rings. The Morgan fingerprint density at radius 1 is 1.13 bits per heavy atom. The quantitative estimate of drug-likeness (QED) is 0.259. The van der Waals surface area contributed by atoms with Crippen molar-refractivity contribution >= 4 is 39.8 Å². The van der Waals surface area contributed by atoms with Gasteiger partial charge in [-0.1, -0.05) is 32.9 Å². The van der Waals surface area contributed by atoms with Crippen molar-refractivity contribution in [2.75, 3.05) is 29.8 Å². The first-order valence-corrected chi connectivity index (χ1v) is 18.5. The zero-order valence-electron chi connectivity index (χ0n) is 28.7. The Morgan fingerprint density at radius 3 is 2.38 bits per heavy atom. The number of thioether (sulfide) groups is 1. The van der Waals surface area contributed by atoms with Crippen LogP contribution in [0.15, 0.2) is 45.7 Å². The summed E-state index contributed by atoms with van der Waals surface area (Å²) in [7, 11) is -1.41. The van der Waals surface area contributed by atoms with Crippen LogP contribution in [0.25, 0.3) is 11.5 Å². The van der Waals surface area contributed by atoms with Crippen LogP contribution in [0.1, 0.15) is 72.4 Å². The number of halogens is 1. The second-order valence-corrected chi connectivity index (χ2v) is 19.4. The molecule has 0 bridgehead atoms. The summed E-state index contributed by atoms with van der Waals surface area (Å²) in [5, 5.41) is 20.4. The molecule has 10 nitrogen and oxygen atoms in total. The number of hydrogen-bond donors (Lipinski definition) is 1. The Labute approximate surface area is 282 Å². The highest BCUT2D eigenvalue weighted by atomic mass is 32.3. The summed E-state index contributed by atoms with van der Waals surface area (Å²) in [5.41, 5.74) is 0.256. The van der Waals surface area contributed by atoms with Crippen LogP contribution in [0.4, 0.5) is 14.9 Å². The number of nitrogens with zero attached hydrogens (tertiary/aromatic N) is 4. The lowest BCUT2D eigenvalue weighted by Crippen LogP contribution is -2.50. The largest absolute Gasteiger partial charge is 0.444 e. The number of nitriles is 1. The lowest BCUT2D eigenvalue weighted by molar-refractivity contribution is -0.120. The minimum absolute atomic E-state index is 0.0285. The summed E-state index contributed by atoms with van der Waals surface area (Å²) in [4.78, 5) is 28.7. The molecule has 1 aromatic heterocycles. The number of aromatic nitrogens is 2. The highest BCUT2D eigenvalue weighted by Gasteiger charge is 2.37. The van der Waals surface area contributed by atoms with E-state index in [1.54, 1.807) is 45.0 Å². The van der Waals surface area contributed by atoms with Gasteiger partial charge in [0.2, 0.25) is 5.89 Å². The summed E-state index contributed by atoms with van der Waals surface area (Å²) in [6, 6.07) is 10.8. The Balaban J connectivity index is 1.70. The van der Waals surface area contributed by atoms with Crippen LogP contribution in [0, 0.1) is 17.1 Å². The molecule has 47 heavy (non-hydrogen) atoms. The van der Waals surface area contributed by atoms with Crippen molar-refractivity contribution in [3.05, 3.63) is 59.2 Å². The maximum absolute atomic E-state index is 15.8. The van der Waals surface area contributed by atoms with Gasteiger partial charge in [-0.05, 0) is 77.0 Å². The minimum Gasteiger partial charge on any atom is -0.444 e. The van der Waals surface area contributed by atoms with E-state index in [-0.39, 0.29) is 28.5 Å². The highest BCUT2D eigenvalue weighted by molar-refractivity contribution is 8.29. The van der Waals surface area contributed by atoms with Gasteiger partial charge in [0.1, 0.15) is 17.5 Å². The summed E-state index contributed by atoms with van der Waals surface area (Å²) >= 11 is 1.24. The molecule has 1 aliphatic rings. The molecular weight excluding hydrogens is 642 g/mol. The lowest BCUT2D eigenvalue weighted by Gasteiger charge is -2.45. The van der Waals surface area contributed by atoms with Gasteiger partial charge in [-0.2, -0.15) is 5.26 Å². The van der Waals surface area contributed by atoms with E-state index in [2.05, 4.69) is 54.9 Å². The zero-order chi connectivity index (χ0) is 34.9. The minimum atomic E-state index is -1.41. The SMILES string of the molecule is CC(C)(C)OC(=O)N[C@H]1CSc2cc(F)c(-c3nnc(C(C)(C)COS(C)(C)C(C)(C)C)o3)cc2N(Cc2ccc(C#N)cc2)C1=O. The number of rotatable bonds is 8. The molecule has 0 fully saturated rings. The first kappa shape index (κ1) is 36.2. The van der Waals surface area contributed by atoms with Gasteiger partial charge in [0, 0.05) is 15.4 Å². The standard InChI is InChI=1S/C34H44FN5O5S2/c1-32(2,3)45-31(42)37-25-19-46-27-16-24(35)23(15-26(27)40(29(25)41)18-22-13-11-21(17-36)12-14-22)28-38-39-30(44-28)34(7,8)20-43-47(9,10)33(4,5)6/h11-16,25H,18-20H2,1-10H3,(H,37,42)/t25-/m0/s1. The summed E-state index contributed by atoms with van der Waals surface area (Å²) in [5.74, 6) is -0.577. The first-order chi connectivity index (χ1) is 21.7. The molecule has 1 N–H and O–H groups in total. The summed E-state index contributed by atoms with van der Waals surface area (Å²) < 4.78 is 33.6. The van der Waals surface area contributed by atoms with Crippen LogP contribution in [-0.2, 0) is 25.7 Å². The van der Waals surface area contributed by atoms with Crippen molar-refractivity contribution in [3.8, 4) is 17.5 Å². The van der Waals surface area contributed by atoms with Crippen LogP contribution in [0.3, 0.4) is 0 Å². The van der Waals surface area contributed by atoms with Crippen LogP contribution in [-0.4, -0.2) is 63.5 Å². The third-order valence-corrected chi connectivity index (χ3v) is 12.6. The van der Waals surface area contributed by atoms with Gasteiger partial charge < -0.3 is 23.6 Å². The van der Waals surface area contributed by atoms with E-state index in [0.717, 1.165) is 5.56 Å². The third-order valence-electron chi connectivity index (χ3n) is 7.85. The van der Waals surface area contributed by atoms with Gasteiger partial charge in [-0.3, -0.25) is 4.79 Å². The molecule has 2 aromatic carbocycles. The maximum atomic E-state index is 15.8. The van der Waals surface area contributed by atoms with Crippen molar-refractivity contribution in [1.82, 2.24) is 15.5 Å². The van der Waals surface area contributed by atoms with Crippen molar-refractivity contribution < 1.29 is 27.3 Å². The third kappa shape index (κ3) is 8.66. The van der Waals surface area contributed by atoms with Crippen LogP contribution in [0.2, 0.25) is 0 Å². The normalized spacial score (nSPS) is 16.3. The number of nitrogens with one attached hydrogen (secondary N) is 1. The molecule has 2 amide bonds. The molecule has 0 saturated carbocycles. The fraction of sp³-hybridized carbons (Fsp3) is 0.500. The summed E-state index contributed by atoms with van der Waals surface area (Å²) in [6.45, 7) is 15.9. The molecule has 0 unspecified atom stereocenters. The smallest absolute Gasteiger partial charge is 0.408 e. The molecule has 4 rings (SSSR count). The van der Waals surface area contributed by atoms with E-state index < -0.39 is 45.2 Å². The van der Waals surface area contributed by atoms with E-state index >= 15 is 4.39 Å². The molecular formula is C34H44FN5O5S2. The fourth-order valence-corrected chi connectivity index (χ4v) is 6.33. The monoisotopic (exact) mass is 685 g/mol. The van der Waals surface area contributed by atoms with Gasteiger partial charge in [-0.15, -0.1) is 32.3 Å². The number of alkyl carbamates (subject to hydrolysis) is 1. The number of hydrogen-bond acceptors (Lipinski definition) is 9. The van der Waals surface area contributed by atoms with Crippen molar-refractivity contribution in [2.45, 2.75) is 88.6 Å². The van der Waals surface area contributed by atoms with E-state index in [0.29, 0.717) is 28.6 Å². The lowest BCUT2D eigenvalue weighted by atomic mass is 9.95. The molecule has 1 aliphatic heterocycles. The number of ether oxygens (including phenoxy) is 1. The van der Waals surface area contributed by atoms with Crippen molar-refractivity contribution in [1.29, 1.82) is 5.26 Å². The Bertz CT molecular complexity index is 1670. The number of carbonyl (C=O) groups is 2. The first-order valence-electron chi connectivity index (χ1n) is 15.2. The number of carbonyl (C=O) groups excluding carboxylic acids is 2. The number of fused-ring (bicyclic) bond motifs is 1. The number of anilines is 1. The van der Waals surface area contributed by atoms with Crippen molar-refractivity contribution in [2.24, 2.45) is 0 Å².